The molecule has 0 radical (unpaired) electrons. The van der Waals surface area contributed by atoms with Crippen LogP contribution >= 0.6 is 0 Å². The highest BCUT2D eigenvalue weighted by atomic mass is 32.2. The average Bonchev–Trinajstić information content (AvgIpc) is 2.68. The zero-order valence-corrected chi connectivity index (χ0v) is 16.5. The topological polar surface area (TPSA) is 40.6 Å². The largest absolute Gasteiger partial charge is 0.303 e. The predicted octanol–water partition coefficient (Wildman–Crippen LogP) is 3.84. The van der Waals surface area contributed by atoms with Crippen molar-refractivity contribution in [3.63, 3.8) is 0 Å². The smallest absolute Gasteiger partial charge is 0.243 e. The van der Waals surface area contributed by atoms with Crippen LogP contribution in [0.4, 0.5) is 0 Å². The molecule has 0 amide bonds. The summed E-state index contributed by atoms with van der Waals surface area (Å²) in [4.78, 5) is 2.82. The van der Waals surface area contributed by atoms with Crippen LogP contribution in [0.3, 0.4) is 0 Å². The van der Waals surface area contributed by atoms with Gasteiger partial charge in [-0.1, -0.05) is 38.3 Å². The number of piperidine rings is 1. The highest BCUT2D eigenvalue weighted by Crippen LogP contribution is 2.33. The summed E-state index contributed by atoms with van der Waals surface area (Å²) in [5.41, 5.74) is 1.30. The molecule has 0 unspecified atom stereocenters. The van der Waals surface area contributed by atoms with Gasteiger partial charge in [0.25, 0.3) is 0 Å². The lowest BCUT2D eigenvalue weighted by Gasteiger charge is -2.35. The molecule has 4 nitrogen and oxygen atoms in total. The Morgan fingerprint density at radius 2 is 1.60 bits per heavy atom. The number of sulfonamides is 1. The van der Waals surface area contributed by atoms with E-state index in [0.29, 0.717) is 10.8 Å². The van der Waals surface area contributed by atoms with Crippen molar-refractivity contribution in [2.24, 2.45) is 0 Å². The van der Waals surface area contributed by atoms with E-state index in [4.69, 9.17) is 0 Å². The third-order valence-corrected chi connectivity index (χ3v) is 8.08. The minimum absolute atomic E-state index is 0.117. The van der Waals surface area contributed by atoms with Crippen LogP contribution in [0.15, 0.2) is 29.2 Å². The highest BCUT2D eigenvalue weighted by Gasteiger charge is 2.30. The Balaban J connectivity index is 1.69. The van der Waals surface area contributed by atoms with Crippen LogP contribution in [-0.4, -0.2) is 50.3 Å². The van der Waals surface area contributed by atoms with Gasteiger partial charge in [0, 0.05) is 13.1 Å². The molecule has 5 heteroatoms. The standard InChI is InChI=1S/C20H32N2O2S/c1-3-22-15-13-19(14-16-22)21(2)25(23,24)20-11-9-18(10-12-20)17-7-5-4-6-8-17/h9-12,17,19H,3-8,13-16H2,1-2H3. The summed E-state index contributed by atoms with van der Waals surface area (Å²) in [6, 6.07) is 7.83. The lowest BCUT2D eigenvalue weighted by molar-refractivity contribution is 0.176. The molecular weight excluding hydrogens is 332 g/mol. The predicted molar refractivity (Wildman–Crippen MR) is 102 cm³/mol. The van der Waals surface area contributed by atoms with Crippen LogP contribution in [-0.2, 0) is 10.0 Å². The number of hydrogen-bond donors (Lipinski definition) is 0. The minimum Gasteiger partial charge on any atom is -0.303 e. The fourth-order valence-corrected chi connectivity index (χ4v) is 5.73. The van der Waals surface area contributed by atoms with E-state index in [2.05, 4.69) is 11.8 Å². The van der Waals surface area contributed by atoms with Crippen LogP contribution in [0.25, 0.3) is 0 Å². The molecule has 1 saturated heterocycles. The zero-order valence-electron chi connectivity index (χ0n) is 15.7. The van der Waals surface area contributed by atoms with E-state index >= 15 is 0 Å². The monoisotopic (exact) mass is 364 g/mol. The van der Waals surface area contributed by atoms with Gasteiger partial charge in [-0.2, -0.15) is 4.31 Å². The quantitative estimate of drug-likeness (QED) is 0.797. The third kappa shape index (κ3) is 4.26. The SMILES string of the molecule is CCN1CCC(N(C)S(=O)(=O)c2ccc(C3CCCCC3)cc2)CC1. The Hall–Kier alpha value is -0.910. The van der Waals surface area contributed by atoms with Crippen LogP contribution in [0, 0.1) is 0 Å². The normalized spacial score (nSPS) is 21.7. The summed E-state index contributed by atoms with van der Waals surface area (Å²) in [5, 5.41) is 0. The lowest BCUT2D eigenvalue weighted by Crippen LogP contribution is -2.45. The fourth-order valence-electron chi connectivity index (χ4n) is 4.31. The van der Waals surface area contributed by atoms with E-state index in [1.807, 2.05) is 24.3 Å². The van der Waals surface area contributed by atoms with Crippen LogP contribution in [0.2, 0.25) is 0 Å². The molecule has 0 spiro atoms. The maximum atomic E-state index is 13.0. The molecule has 1 aliphatic heterocycles. The van der Waals surface area contributed by atoms with Crippen LogP contribution < -0.4 is 0 Å². The zero-order chi connectivity index (χ0) is 17.9. The summed E-state index contributed by atoms with van der Waals surface area (Å²) in [7, 11) is -1.65. The van der Waals surface area contributed by atoms with Gasteiger partial charge in [0.2, 0.25) is 10.0 Å². The van der Waals surface area contributed by atoms with Crippen molar-refractivity contribution in [1.29, 1.82) is 0 Å². The van der Waals surface area contributed by atoms with Crippen molar-refractivity contribution in [3.8, 4) is 0 Å². The van der Waals surface area contributed by atoms with Crippen LogP contribution in [0.5, 0.6) is 0 Å². The molecule has 3 rings (SSSR count). The van der Waals surface area contributed by atoms with Gasteiger partial charge in [-0.05, 0) is 68.9 Å². The Kier molecular flexibility index (Phi) is 6.18. The van der Waals surface area contributed by atoms with Gasteiger partial charge in [-0.25, -0.2) is 8.42 Å². The molecular formula is C20H32N2O2S. The molecule has 1 aliphatic carbocycles. The van der Waals surface area contributed by atoms with Gasteiger partial charge >= 0.3 is 0 Å². The summed E-state index contributed by atoms with van der Waals surface area (Å²) in [6.07, 6.45) is 8.25. The minimum atomic E-state index is -3.40. The number of benzene rings is 1. The molecule has 0 bridgehead atoms. The fraction of sp³-hybridized carbons (Fsp3) is 0.700. The molecule has 140 valence electrons. The van der Waals surface area contributed by atoms with Crippen molar-refractivity contribution in [3.05, 3.63) is 29.8 Å². The summed E-state index contributed by atoms with van der Waals surface area (Å²) in [5.74, 6) is 0.613. The van der Waals surface area contributed by atoms with Crippen molar-refractivity contribution < 1.29 is 8.42 Å². The van der Waals surface area contributed by atoms with E-state index in [-0.39, 0.29) is 6.04 Å². The molecule has 2 aliphatic rings. The molecule has 1 aromatic rings. The van der Waals surface area contributed by atoms with Gasteiger partial charge < -0.3 is 4.90 Å². The maximum absolute atomic E-state index is 13.0. The van der Waals surface area contributed by atoms with Gasteiger partial charge in [-0.15, -0.1) is 0 Å². The Labute approximate surface area is 153 Å². The first kappa shape index (κ1) is 18.9. The molecule has 0 aromatic heterocycles. The van der Waals surface area contributed by atoms with E-state index < -0.39 is 10.0 Å². The number of hydrogen-bond acceptors (Lipinski definition) is 3. The Morgan fingerprint density at radius 3 is 2.16 bits per heavy atom. The van der Waals surface area contributed by atoms with Crippen molar-refractivity contribution in [2.45, 2.75) is 68.7 Å². The second kappa shape index (κ2) is 8.19. The first-order chi connectivity index (χ1) is 12.0. The van der Waals surface area contributed by atoms with E-state index in [1.165, 1.54) is 37.7 Å². The molecule has 1 heterocycles. The first-order valence-corrected chi connectivity index (χ1v) is 11.3. The third-order valence-electron chi connectivity index (χ3n) is 6.15. The lowest BCUT2D eigenvalue weighted by atomic mass is 9.84. The van der Waals surface area contributed by atoms with E-state index in [9.17, 15) is 8.42 Å². The average molecular weight is 365 g/mol. The van der Waals surface area contributed by atoms with Gasteiger partial charge in [0.15, 0.2) is 0 Å². The van der Waals surface area contributed by atoms with Crippen molar-refractivity contribution in [2.75, 3.05) is 26.7 Å². The Morgan fingerprint density at radius 1 is 1.00 bits per heavy atom. The molecule has 1 saturated carbocycles. The number of nitrogens with zero attached hydrogens (tertiary/aromatic N) is 2. The summed E-state index contributed by atoms with van der Waals surface area (Å²) in [6.45, 7) is 5.18. The van der Waals surface area contributed by atoms with Crippen molar-refractivity contribution >= 4 is 10.0 Å². The van der Waals surface area contributed by atoms with Gasteiger partial charge in [-0.3, -0.25) is 0 Å². The van der Waals surface area contributed by atoms with E-state index in [1.54, 1.807) is 11.4 Å². The van der Waals surface area contributed by atoms with Crippen LogP contribution in [0.1, 0.15) is 63.4 Å². The van der Waals surface area contributed by atoms with Gasteiger partial charge in [0.05, 0.1) is 4.90 Å². The molecule has 2 fully saturated rings. The number of rotatable bonds is 5. The van der Waals surface area contributed by atoms with Gasteiger partial charge in [0.1, 0.15) is 0 Å². The Bertz CT molecular complexity index is 643. The van der Waals surface area contributed by atoms with Crippen molar-refractivity contribution in [1.82, 2.24) is 9.21 Å². The second-order valence-electron chi connectivity index (χ2n) is 7.59. The molecule has 0 atom stereocenters. The maximum Gasteiger partial charge on any atom is 0.243 e. The van der Waals surface area contributed by atoms with E-state index in [0.717, 1.165) is 32.5 Å². The molecule has 25 heavy (non-hydrogen) atoms. The summed E-state index contributed by atoms with van der Waals surface area (Å²) < 4.78 is 27.6. The summed E-state index contributed by atoms with van der Waals surface area (Å²) >= 11 is 0. The molecule has 1 aromatic carbocycles. The first-order valence-electron chi connectivity index (χ1n) is 9.82. The second-order valence-corrected chi connectivity index (χ2v) is 9.59. The molecule has 0 N–H and O–H groups in total. The number of likely N-dealkylation sites (tertiary alicyclic amines) is 1. The highest BCUT2D eigenvalue weighted by molar-refractivity contribution is 7.89.